The topological polar surface area (TPSA) is 96.1 Å². The van der Waals surface area contributed by atoms with Crippen molar-refractivity contribution >= 4 is 32.2 Å². The van der Waals surface area contributed by atoms with Gasteiger partial charge in [-0.3, -0.25) is 9.00 Å². The molecular weight excluding hydrogens is 296 g/mol. The number of rotatable bonds is 6. The van der Waals surface area contributed by atoms with E-state index >= 15 is 0 Å². The van der Waals surface area contributed by atoms with Crippen LogP contribution >= 0.6 is 11.3 Å². The van der Waals surface area contributed by atoms with Crippen LogP contribution < -0.4 is 9.60 Å². The summed E-state index contributed by atoms with van der Waals surface area (Å²) < 4.78 is 37.4. The standard InChI is InChI=1S/C9H16N2O4S3/c1-6(4-5-17(3)13)11-18(14,15)8-7(2)10-9(12)16-8/h6,11H,4-5H2,1-3H3,(H,10,12). The minimum absolute atomic E-state index is 0.0111. The van der Waals surface area contributed by atoms with E-state index in [0.717, 1.165) is 0 Å². The lowest BCUT2D eigenvalue weighted by atomic mass is 10.3. The van der Waals surface area contributed by atoms with E-state index in [-0.39, 0.29) is 10.3 Å². The molecule has 0 bridgehead atoms. The summed E-state index contributed by atoms with van der Waals surface area (Å²) in [7, 11) is -4.63. The number of aromatic nitrogens is 1. The molecule has 9 heteroatoms. The maximum Gasteiger partial charge on any atom is 0.305 e. The Morgan fingerprint density at radius 2 is 2.11 bits per heavy atom. The van der Waals surface area contributed by atoms with Gasteiger partial charge in [0.25, 0.3) is 10.0 Å². The van der Waals surface area contributed by atoms with Crippen molar-refractivity contribution in [3.05, 3.63) is 15.4 Å². The molecule has 0 aliphatic rings. The number of sulfonamides is 1. The number of hydrogen-bond donors (Lipinski definition) is 2. The molecule has 0 aromatic carbocycles. The second-order valence-electron chi connectivity index (χ2n) is 4.02. The van der Waals surface area contributed by atoms with Crippen LogP contribution in [0.15, 0.2) is 9.00 Å². The van der Waals surface area contributed by atoms with Gasteiger partial charge < -0.3 is 4.98 Å². The van der Waals surface area contributed by atoms with Crippen molar-refractivity contribution in [2.24, 2.45) is 0 Å². The quantitative estimate of drug-likeness (QED) is 0.783. The third-order valence-electron chi connectivity index (χ3n) is 2.22. The zero-order chi connectivity index (χ0) is 13.9. The van der Waals surface area contributed by atoms with Gasteiger partial charge in [-0.25, -0.2) is 13.1 Å². The monoisotopic (exact) mass is 312 g/mol. The van der Waals surface area contributed by atoms with Crippen molar-refractivity contribution in [1.29, 1.82) is 0 Å². The smallest absolute Gasteiger partial charge is 0.305 e. The minimum atomic E-state index is -3.68. The van der Waals surface area contributed by atoms with E-state index in [0.29, 0.717) is 29.2 Å². The van der Waals surface area contributed by atoms with Gasteiger partial charge in [0.15, 0.2) is 4.21 Å². The van der Waals surface area contributed by atoms with Crippen LogP contribution in [0.5, 0.6) is 0 Å². The van der Waals surface area contributed by atoms with Crippen molar-refractivity contribution < 1.29 is 12.6 Å². The first-order chi connectivity index (χ1) is 8.22. The molecule has 0 radical (unpaired) electrons. The highest BCUT2D eigenvalue weighted by molar-refractivity contribution is 7.91. The van der Waals surface area contributed by atoms with Crippen molar-refractivity contribution in [2.75, 3.05) is 12.0 Å². The third kappa shape index (κ3) is 4.30. The van der Waals surface area contributed by atoms with Gasteiger partial charge in [-0.2, -0.15) is 0 Å². The Hall–Kier alpha value is -0.510. The maximum absolute atomic E-state index is 12.0. The molecule has 0 amide bonds. The summed E-state index contributed by atoms with van der Waals surface area (Å²) in [5.41, 5.74) is 0.337. The van der Waals surface area contributed by atoms with E-state index in [2.05, 4.69) is 9.71 Å². The predicted octanol–water partition coefficient (Wildman–Crippen LogP) is 0.180. The average molecular weight is 312 g/mol. The Morgan fingerprint density at radius 3 is 2.56 bits per heavy atom. The molecular formula is C9H16N2O4S3. The Kier molecular flexibility index (Phi) is 5.26. The van der Waals surface area contributed by atoms with Crippen LogP contribution in [0.1, 0.15) is 19.0 Å². The van der Waals surface area contributed by atoms with Crippen molar-refractivity contribution in [3.63, 3.8) is 0 Å². The van der Waals surface area contributed by atoms with Crippen LogP contribution in [-0.4, -0.2) is 35.7 Å². The van der Waals surface area contributed by atoms with Gasteiger partial charge in [0.05, 0.1) is 0 Å². The van der Waals surface area contributed by atoms with Crippen LogP contribution in [0.3, 0.4) is 0 Å². The molecule has 2 unspecified atom stereocenters. The molecule has 0 spiro atoms. The Bertz CT molecular complexity index is 587. The highest BCUT2D eigenvalue weighted by Gasteiger charge is 2.22. The predicted molar refractivity (Wildman–Crippen MR) is 73.0 cm³/mol. The second kappa shape index (κ2) is 6.09. The van der Waals surface area contributed by atoms with E-state index in [1.807, 2.05) is 0 Å². The van der Waals surface area contributed by atoms with Crippen molar-refractivity contribution in [2.45, 2.75) is 30.5 Å². The number of hydrogen-bond acceptors (Lipinski definition) is 5. The Labute approximate surface area is 112 Å². The molecule has 0 aliphatic heterocycles. The van der Waals surface area contributed by atoms with E-state index in [1.165, 1.54) is 6.92 Å². The van der Waals surface area contributed by atoms with Gasteiger partial charge >= 0.3 is 4.87 Å². The summed E-state index contributed by atoms with van der Waals surface area (Å²) >= 11 is 0.666. The fourth-order valence-corrected chi connectivity index (χ4v) is 4.65. The zero-order valence-corrected chi connectivity index (χ0v) is 12.8. The average Bonchev–Trinajstić information content (AvgIpc) is 2.55. The summed E-state index contributed by atoms with van der Waals surface area (Å²) in [6, 6.07) is -0.324. The molecule has 1 aromatic rings. The fourth-order valence-electron chi connectivity index (χ4n) is 1.37. The molecule has 6 nitrogen and oxygen atoms in total. The van der Waals surface area contributed by atoms with Crippen LogP contribution in [-0.2, 0) is 20.8 Å². The fraction of sp³-hybridized carbons (Fsp3) is 0.667. The molecule has 0 fully saturated rings. The van der Waals surface area contributed by atoms with Gasteiger partial charge in [-0.15, -0.1) is 0 Å². The van der Waals surface area contributed by atoms with Gasteiger partial charge in [0, 0.05) is 34.5 Å². The maximum atomic E-state index is 12.0. The van der Waals surface area contributed by atoms with Crippen LogP contribution in [0.25, 0.3) is 0 Å². The van der Waals surface area contributed by atoms with Crippen LogP contribution in [0.2, 0.25) is 0 Å². The zero-order valence-electron chi connectivity index (χ0n) is 10.3. The Balaban J connectivity index is 2.79. The largest absolute Gasteiger partial charge is 0.315 e. The molecule has 1 aromatic heterocycles. The number of H-pyrrole nitrogens is 1. The summed E-state index contributed by atoms with van der Waals surface area (Å²) in [6.07, 6.45) is 2.06. The molecule has 2 N–H and O–H groups in total. The van der Waals surface area contributed by atoms with E-state index in [9.17, 15) is 17.4 Å². The van der Waals surface area contributed by atoms with Gasteiger partial charge in [0.1, 0.15) is 0 Å². The van der Waals surface area contributed by atoms with E-state index in [1.54, 1.807) is 13.2 Å². The minimum Gasteiger partial charge on any atom is -0.315 e. The van der Waals surface area contributed by atoms with Crippen LogP contribution in [0.4, 0.5) is 0 Å². The normalized spacial score (nSPS) is 15.5. The second-order valence-corrected chi connectivity index (χ2v) is 8.46. The number of nitrogens with one attached hydrogen (secondary N) is 2. The highest BCUT2D eigenvalue weighted by Crippen LogP contribution is 2.16. The molecule has 1 heterocycles. The summed E-state index contributed by atoms with van der Waals surface area (Å²) in [4.78, 5) is 13.1. The molecule has 104 valence electrons. The lowest BCUT2D eigenvalue weighted by Crippen LogP contribution is -2.33. The van der Waals surface area contributed by atoms with E-state index in [4.69, 9.17) is 0 Å². The summed E-state index contributed by atoms with van der Waals surface area (Å²) in [5, 5.41) is 0. The highest BCUT2D eigenvalue weighted by atomic mass is 32.2. The molecule has 0 saturated heterocycles. The van der Waals surface area contributed by atoms with Gasteiger partial charge in [-0.05, 0) is 20.3 Å². The number of thiazole rings is 1. The first-order valence-electron chi connectivity index (χ1n) is 5.24. The summed E-state index contributed by atoms with van der Waals surface area (Å²) in [5.74, 6) is 0.437. The molecule has 2 atom stereocenters. The Morgan fingerprint density at radius 1 is 1.50 bits per heavy atom. The lowest BCUT2D eigenvalue weighted by Gasteiger charge is -2.12. The molecule has 0 saturated carbocycles. The molecule has 0 aliphatic carbocycles. The molecule has 18 heavy (non-hydrogen) atoms. The van der Waals surface area contributed by atoms with Crippen molar-refractivity contribution in [3.8, 4) is 0 Å². The summed E-state index contributed by atoms with van der Waals surface area (Å²) in [6.45, 7) is 3.24. The van der Waals surface area contributed by atoms with Crippen molar-refractivity contribution in [1.82, 2.24) is 9.71 Å². The first kappa shape index (κ1) is 15.5. The van der Waals surface area contributed by atoms with E-state index < -0.39 is 25.7 Å². The van der Waals surface area contributed by atoms with Crippen LogP contribution in [0, 0.1) is 6.92 Å². The number of aryl methyl sites for hydroxylation is 1. The molecule has 1 rings (SSSR count). The third-order valence-corrected chi connectivity index (χ3v) is 6.22. The van der Waals surface area contributed by atoms with Gasteiger partial charge in [-0.1, -0.05) is 11.3 Å². The van der Waals surface area contributed by atoms with Gasteiger partial charge in [0.2, 0.25) is 0 Å². The number of aromatic amines is 1. The first-order valence-corrected chi connectivity index (χ1v) is 9.27. The lowest BCUT2D eigenvalue weighted by molar-refractivity contribution is 0.557. The SMILES string of the molecule is Cc1[nH]c(=O)sc1S(=O)(=O)NC(C)CCS(C)=O.